The molecule has 6 nitrogen and oxygen atoms in total. The van der Waals surface area contributed by atoms with Gasteiger partial charge in [-0.05, 0) is 46.1 Å². The highest BCUT2D eigenvalue weighted by atomic mass is 16.6. The highest BCUT2D eigenvalue weighted by Crippen LogP contribution is 2.28. The maximum absolute atomic E-state index is 12.5. The van der Waals surface area contributed by atoms with Crippen LogP contribution >= 0.6 is 0 Å². The van der Waals surface area contributed by atoms with Gasteiger partial charge in [-0.2, -0.15) is 0 Å². The van der Waals surface area contributed by atoms with Crippen molar-refractivity contribution in [3.8, 4) is 0 Å². The summed E-state index contributed by atoms with van der Waals surface area (Å²) >= 11 is 0. The molecule has 1 aromatic rings. The largest absolute Gasteiger partial charge is 0.444 e. The molecule has 28 heavy (non-hydrogen) atoms. The molecule has 1 aromatic carbocycles. The van der Waals surface area contributed by atoms with E-state index < -0.39 is 23.3 Å². The van der Waals surface area contributed by atoms with Crippen LogP contribution < -0.4 is 10.6 Å². The number of rotatable bonds is 7. The number of benzene rings is 1. The maximum atomic E-state index is 12.5. The zero-order valence-corrected chi connectivity index (χ0v) is 17.5. The van der Waals surface area contributed by atoms with Gasteiger partial charge in [-0.1, -0.05) is 49.6 Å². The lowest BCUT2D eigenvalue weighted by Crippen LogP contribution is -2.58. The van der Waals surface area contributed by atoms with Crippen molar-refractivity contribution in [1.82, 2.24) is 10.6 Å². The molecule has 6 heteroatoms. The Hall–Kier alpha value is -2.08. The van der Waals surface area contributed by atoms with Crippen molar-refractivity contribution in [2.45, 2.75) is 83.6 Å². The van der Waals surface area contributed by atoms with Gasteiger partial charge in [0.25, 0.3) is 0 Å². The van der Waals surface area contributed by atoms with Crippen LogP contribution in [0.5, 0.6) is 0 Å². The van der Waals surface area contributed by atoms with Crippen LogP contribution in [0.25, 0.3) is 0 Å². The normalized spacial score (nSPS) is 17.4. The molecule has 1 atom stereocenters. The smallest absolute Gasteiger partial charge is 0.408 e. The lowest BCUT2D eigenvalue weighted by molar-refractivity contribution is -0.132. The number of amides is 2. The van der Waals surface area contributed by atoms with Gasteiger partial charge in [-0.3, -0.25) is 4.79 Å². The van der Waals surface area contributed by atoms with E-state index in [1.54, 1.807) is 6.92 Å². The van der Waals surface area contributed by atoms with E-state index in [0.717, 1.165) is 37.7 Å². The number of carbonyl (C=O) groups excluding carboxylic acids is 2. The molecule has 1 saturated carbocycles. The second-order valence-corrected chi connectivity index (χ2v) is 8.62. The second-order valence-electron chi connectivity index (χ2n) is 8.62. The van der Waals surface area contributed by atoms with Gasteiger partial charge in [-0.15, -0.1) is 0 Å². The van der Waals surface area contributed by atoms with Gasteiger partial charge in [0.2, 0.25) is 5.91 Å². The summed E-state index contributed by atoms with van der Waals surface area (Å²) < 4.78 is 11.1. The van der Waals surface area contributed by atoms with E-state index in [-0.39, 0.29) is 5.91 Å². The summed E-state index contributed by atoms with van der Waals surface area (Å²) in [7, 11) is 0. The summed E-state index contributed by atoms with van der Waals surface area (Å²) in [5, 5.41) is 5.99. The van der Waals surface area contributed by atoms with Gasteiger partial charge in [-0.25, -0.2) is 4.79 Å². The van der Waals surface area contributed by atoms with E-state index in [1.165, 1.54) is 0 Å². The Morgan fingerprint density at radius 2 is 1.75 bits per heavy atom. The predicted octanol–water partition coefficient (Wildman–Crippen LogP) is 3.94. The minimum atomic E-state index is -0.567. The average molecular weight is 391 g/mol. The molecule has 0 spiro atoms. The van der Waals surface area contributed by atoms with E-state index in [4.69, 9.17) is 9.47 Å². The molecular formula is C22H34N2O4. The fourth-order valence-electron chi connectivity index (χ4n) is 3.37. The molecule has 0 aliphatic heterocycles. The molecule has 0 radical (unpaired) electrons. The predicted molar refractivity (Wildman–Crippen MR) is 109 cm³/mol. The molecule has 2 N–H and O–H groups in total. The monoisotopic (exact) mass is 390 g/mol. The molecule has 156 valence electrons. The summed E-state index contributed by atoms with van der Waals surface area (Å²) in [6.45, 7) is 8.03. The Morgan fingerprint density at radius 1 is 1.11 bits per heavy atom. The van der Waals surface area contributed by atoms with Crippen molar-refractivity contribution >= 4 is 12.0 Å². The zero-order valence-electron chi connectivity index (χ0n) is 17.5. The number of carbonyl (C=O) groups is 2. The van der Waals surface area contributed by atoms with Crippen LogP contribution in [-0.4, -0.2) is 35.8 Å². The molecule has 0 aromatic heterocycles. The van der Waals surface area contributed by atoms with E-state index in [2.05, 4.69) is 10.6 Å². The highest BCUT2D eigenvalue weighted by molar-refractivity contribution is 5.80. The van der Waals surface area contributed by atoms with Crippen molar-refractivity contribution in [3.05, 3.63) is 35.9 Å². The lowest BCUT2D eigenvalue weighted by Gasteiger charge is -2.38. The highest BCUT2D eigenvalue weighted by Gasteiger charge is 2.35. The van der Waals surface area contributed by atoms with E-state index in [9.17, 15) is 9.59 Å². The Morgan fingerprint density at radius 3 is 2.36 bits per heavy atom. The molecule has 1 fully saturated rings. The number of nitrogens with one attached hydrogen (secondary N) is 2. The number of hydrogen-bond acceptors (Lipinski definition) is 4. The topological polar surface area (TPSA) is 76.7 Å². The van der Waals surface area contributed by atoms with Gasteiger partial charge < -0.3 is 20.1 Å². The van der Waals surface area contributed by atoms with Crippen LogP contribution in [0.1, 0.15) is 65.4 Å². The standard InChI is InChI=1S/C22H34N2O4/c1-17(27-15-18-11-7-5-8-12-18)19(25)23-16-22(13-9-6-10-14-22)24-20(26)28-21(2,3)4/h5,7-8,11-12,17H,6,9-10,13-16H2,1-4H3,(H,23,25)(H,24,26). The zero-order chi connectivity index (χ0) is 20.6. The molecule has 0 bridgehead atoms. The third-order valence-electron chi connectivity index (χ3n) is 4.89. The third kappa shape index (κ3) is 7.50. The molecule has 0 saturated heterocycles. The molecule has 1 unspecified atom stereocenters. The first-order valence-electron chi connectivity index (χ1n) is 10.1. The molecular weight excluding hydrogens is 356 g/mol. The van der Waals surface area contributed by atoms with Crippen molar-refractivity contribution in [2.75, 3.05) is 6.54 Å². The SMILES string of the molecule is CC(OCc1ccccc1)C(=O)NCC1(NC(=O)OC(C)(C)C)CCCCC1. The summed E-state index contributed by atoms with van der Waals surface area (Å²) in [5.74, 6) is -0.174. The Balaban J connectivity index is 1.87. The van der Waals surface area contributed by atoms with Crippen LogP contribution in [0.15, 0.2) is 30.3 Å². The summed E-state index contributed by atoms with van der Waals surface area (Å²) in [4.78, 5) is 24.8. The van der Waals surface area contributed by atoms with Crippen molar-refractivity contribution in [3.63, 3.8) is 0 Å². The average Bonchev–Trinajstić information content (AvgIpc) is 2.64. The molecule has 1 aliphatic carbocycles. The van der Waals surface area contributed by atoms with Gasteiger partial charge in [0, 0.05) is 6.54 Å². The molecule has 2 amide bonds. The first-order chi connectivity index (χ1) is 13.2. The fourth-order valence-corrected chi connectivity index (χ4v) is 3.37. The summed E-state index contributed by atoms with van der Waals surface area (Å²) in [6.07, 6.45) is 3.83. The maximum Gasteiger partial charge on any atom is 0.408 e. The van der Waals surface area contributed by atoms with Gasteiger partial charge in [0.05, 0.1) is 12.1 Å². The van der Waals surface area contributed by atoms with Crippen LogP contribution in [0.4, 0.5) is 4.79 Å². The quantitative estimate of drug-likeness (QED) is 0.739. The van der Waals surface area contributed by atoms with Gasteiger partial charge in [0.1, 0.15) is 11.7 Å². The number of alkyl carbamates (subject to hydrolysis) is 1. The van der Waals surface area contributed by atoms with Crippen LogP contribution in [0, 0.1) is 0 Å². The van der Waals surface area contributed by atoms with Crippen LogP contribution in [0.2, 0.25) is 0 Å². The van der Waals surface area contributed by atoms with Gasteiger partial charge in [0.15, 0.2) is 0 Å². The minimum absolute atomic E-state index is 0.174. The number of ether oxygens (including phenoxy) is 2. The van der Waals surface area contributed by atoms with Crippen LogP contribution in [0.3, 0.4) is 0 Å². The van der Waals surface area contributed by atoms with E-state index >= 15 is 0 Å². The fraction of sp³-hybridized carbons (Fsp3) is 0.636. The summed E-state index contributed by atoms with van der Waals surface area (Å²) in [6, 6.07) is 9.76. The van der Waals surface area contributed by atoms with Crippen molar-refractivity contribution in [2.24, 2.45) is 0 Å². The van der Waals surface area contributed by atoms with Crippen LogP contribution in [-0.2, 0) is 20.9 Å². The molecule has 0 heterocycles. The van der Waals surface area contributed by atoms with Crippen molar-refractivity contribution in [1.29, 1.82) is 0 Å². The Bertz CT molecular complexity index is 634. The molecule has 2 rings (SSSR count). The first kappa shape index (κ1) is 22.2. The first-order valence-corrected chi connectivity index (χ1v) is 10.1. The van der Waals surface area contributed by atoms with E-state index in [1.807, 2.05) is 51.1 Å². The van der Waals surface area contributed by atoms with Crippen molar-refractivity contribution < 1.29 is 19.1 Å². The lowest BCUT2D eigenvalue weighted by atomic mass is 9.81. The minimum Gasteiger partial charge on any atom is -0.444 e. The number of hydrogen-bond donors (Lipinski definition) is 2. The Labute approximate surface area is 168 Å². The Kier molecular flexibility index (Phi) is 7.87. The van der Waals surface area contributed by atoms with Gasteiger partial charge >= 0.3 is 6.09 Å². The second kappa shape index (κ2) is 9.92. The summed E-state index contributed by atoms with van der Waals surface area (Å²) in [5.41, 5.74) is 0.00995. The molecule has 1 aliphatic rings. The third-order valence-corrected chi connectivity index (χ3v) is 4.89. The van der Waals surface area contributed by atoms with E-state index in [0.29, 0.717) is 13.2 Å².